The van der Waals surface area contributed by atoms with Crippen LogP contribution in [0.1, 0.15) is 21.7 Å². The van der Waals surface area contributed by atoms with Crippen LogP contribution in [0.2, 0.25) is 0 Å². The summed E-state index contributed by atoms with van der Waals surface area (Å²) in [7, 11) is 0. The first-order chi connectivity index (χ1) is 14.1. The van der Waals surface area contributed by atoms with Crippen molar-refractivity contribution in [3.05, 3.63) is 94.3 Å². The number of carbonyl (C=O) groups excluding carboxylic acids is 1. The number of hydrogen-bond donors (Lipinski definition) is 1. The summed E-state index contributed by atoms with van der Waals surface area (Å²) in [5.41, 5.74) is 1.58. The smallest absolute Gasteiger partial charge is 0.269 e. The summed E-state index contributed by atoms with van der Waals surface area (Å²) in [6.45, 7) is 4.52. The highest BCUT2D eigenvalue weighted by Gasteiger charge is 2.14. The second-order valence-electron chi connectivity index (χ2n) is 6.06. The third-order valence-electron chi connectivity index (χ3n) is 4.06. The predicted octanol–water partition coefficient (Wildman–Crippen LogP) is 3.59. The summed E-state index contributed by atoms with van der Waals surface area (Å²) in [6, 6.07) is 15.4. The number of non-ortho nitro benzene ring substituents is 1. The van der Waals surface area contributed by atoms with Gasteiger partial charge in [0.15, 0.2) is 11.0 Å². The SMILES string of the molecule is C=CCn1c(CNC(=O)c2ccccc2)nnc1SCc1ccc([N+](=O)[O-])cc1. The Kier molecular flexibility index (Phi) is 6.75. The van der Waals surface area contributed by atoms with Gasteiger partial charge in [0.05, 0.1) is 11.5 Å². The molecule has 1 aromatic heterocycles. The minimum atomic E-state index is -0.423. The van der Waals surface area contributed by atoms with Crippen LogP contribution in [-0.2, 0) is 18.8 Å². The Labute approximate surface area is 171 Å². The Morgan fingerprint density at radius 1 is 1.17 bits per heavy atom. The first-order valence-corrected chi connectivity index (χ1v) is 9.79. The van der Waals surface area contributed by atoms with E-state index in [-0.39, 0.29) is 18.1 Å². The van der Waals surface area contributed by atoms with Gasteiger partial charge < -0.3 is 9.88 Å². The summed E-state index contributed by atoms with van der Waals surface area (Å²) in [5, 5.41) is 22.7. The number of nitrogens with one attached hydrogen (secondary N) is 1. The fourth-order valence-corrected chi connectivity index (χ4v) is 3.50. The van der Waals surface area contributed by atoms with Crippen molar-refractivity contribution in [2.75, 3.05) is 0 Å². The molecule has 0 bridgehead atoms. The lowest BCUT2D eigenvalue weighted by Gasteiger charge is -2.09. The Balaban J connectivity index is 1.65. The quantitative estimate of drug-likeness (QED) is 0.251. The molecule has 0 saturated heterocycles. The standard InChI is InChI=1S/C20H19N5O3S/c1-2-12-24-18(13-21-19(26)16-6-4-3-5-7-16)22-23-20(24)29-14-15-8-10-17(11-9-15)25(27)28/h2-11H,1,12-14H2,(H,21,26). The van der Waals surface area contributed by atoms with Crippen molar-refractivity contribution in [2.45, 2.75) is 24.0 Å². The minimum Gasteiger partial charge on any atom is -0.345 e. The maximum Gasteiger partial charge on any atom is 0.269 e. The zero-order chi connectivity index (χ0) is 20.6. The summed E-state index contributed by atoms with van der Waals surface area (Å²) >= 11 is 1.46. The molecule has 29 heavy (non-hydrogen) atoms. The topological polar surface area (TPSA) is 103 Å². The van der Waals surface area contributed by atoms with E-state index in [1.165, 1.54) is 23.9 Å². The molecular formula is C20H19N5O3S. The molecule has 3 rings (SSSR count). The lowest BCUT2D eigenvalue weighted by atomic mass is 10.2. The number of aromatic nitrogens is 3. The molecule has 148 valence electrons. The minimum absolute atomic E-state index is 0.0602. The number of hydrogen-bond acceptors (Lipinski definition) is 6. The zero-order valence-corrected chi connectivity index (χ0v) is 16.3. The fourth-order valence-electron chi connectivity index (χ4n) is 2.58. The van der Waals surface area contributed by atoms with Crippen LogP contribution in [0.15, 0.2) is 72.4 Å². The average Bonchev–Trinajstić information content (AvgIpc) is 3.13. The molecular weight excluding hydrogens is 390 g/mol. The number of rotatable bonds is 9. The van der Waals surface area contributed by atoms with Gasteiger partial charge in [-0.3, -0.25) is 14.9 Å². The van der Waals surface area contributed by atoms with Crippen molar-refractivity contribution in [3.63, 3.8) is 0 Å². The molecule has 0 radical (unpaired) electrons. The normalized spacial score (nSPS) is 10.5. The van der Waals surface area contributed by atoms with Crippen LogP contribution in [0.3, 0.4) is 0 Å². The number of thioether (sulfide) groups is 1. The molecule has 0 atom stereocenters. The van der Waals surface area contributed by atoms with Crippen molar-refractivity contribution >= 4 is 23.4 Å². The lowest BCUT2D eigenvalue weighted by molar-refractivity contribution is -0.384. The second-order valence-corrected chi connectivity index (χ2v) is 7.00. The van der Waals surface area contributed by atoms with Gasteiger partial charge >= 0.3 is 0 Å². The van der Waals surface area contributed by atoms with Gasteiger partial charge in [-0.25, -0.2) is 0 Å². The Hall–Kier alpha value is -3.46. The number of nitro groups is 1. The van der Waals surface area contributed by atoms with Gasteiger partial charge in [-0.15, -0.1) is 16.8 Å². The molecule has 1 amide bonds. The molecule has 0 fully saturated rings. The molecule has 0 aliphatic heterocycles. The number of allylic oxidation sites excluding steroid dienone is 1. The molecule has 0 aliphatic rings. The lowest BCUT2D eigenvalue weighted by Crippen LogP contribution is -2.24. The van der Waals surface area contributed by atoms with E-state index in [1.54, 1.807) is 30.3 Å². The van der Waals surface area contributed by atoms with E-state index < -0.39 is 4.92 Å². The van der Waals surface area contributed by atoms with Crippen LogP contribution in [0.5, 0.6) is 0 Å². The molecule has 1 N–H and O–H groups in total. The highest BCUT2D eigenvalue weighted by molar-refractivity contribution is 7.98. The summed E-state index contributed by atoms with van der Waals surface area (Å²) in [4.78, 5) is 22.6. The van der Waals surface area contributed by atoms with Crippen LogP contribution in [0, 0.1) is 10.1 Å². The summed E-state index contributed by atoms with van der Waals surface area (Å²) in [6.07, 6.45) is 1.74. The van der Waals surface area contributed by atoms with Gasteiger partial charge in [-0.1, -0.05) is 48.2 Å². The van der Waals surface area contributed by atoms with Gasteiger partial charge in [0.2, 0.25) is 0 Å². The predicted molar refractivity (Wildman–Crippen MR) is 110 cm³/mol. The highest BCUT2D eigenvalue weighted by atomic mass is 32.2. The van der Waals surface area contributed by atoms with Gasteiger partial charge in [-0.2, -0.15) is 0 Å². The number of carbonyl (C=O) groups is 1. The monoisotopic (exact) mass is 409 g/mol. The molecule has 8 nitrogen and oxygen atoms in total. The van der Waals surface area contributed by atoms with Crippen molar-refractivity contribution in [2.24, 2.45) is 0 Å². The van der Waals surface area contributed by atoms with E-state index in [0.29, 0.717) is 28.8 Å². The second kappa shape index (κ2) is 9.65. The molecule has 0 unspecified atom stereocenters. The van der Waals surface area contributed by atoms with Gasteiger partial charge in [0, 0.05) is 30.0 Å². The Morgan fingerprint density at radius 2 is 1.90 bits per heavy atom. The van der Waals surface area contributed by atoms with Gasteiger partial charge in [0.25, 0.3) is 11.6 Å². The van der Waals surface area contributed by atoms with Crippen molar-refractivity contribution in [1.29, 1.82) is 0 Å². The van der Waals surface area contributed by atoms with Gasteiger partial charge in [-0.05, 0) is 17.7 Å². The Morgan fingerprint density at radius 3 is 2.55 bits per heavy atom. The number of nitro benzene ring substituents is 1. The highest BCUT2D eigenvalue weighted by Crippen LogP contribution is 2.23. The van der Waals surface area contributed by atoms with Gasteiger partial charge in [0.1, 0.15) is 0 Å². The number of benzene rings is 2. The molecule has 0 spiro atoms. The first kappa shape index (κ1) is 20.3. The van der Waals surface area contributed by atoms with Crippen molar-refractivity contribution in [1.82, 2.24) is 20.1 Å². The van der Waals surface area contributed by atoms with E-state index >= 15 is 0 Å². The number of amides is 1. The van der Waals surface area contributed by atoms with E-state index in [1.807, 2.05) is 22.8 Å². The number of nitrogens with zero attached hydrogens (tertiary/aromatic N) is 4. The van der Waals surface area contributed by atoms with Crippen LogP contribution in [0.4, 0.5) is 5.69 Å². The van der Waals surface area contributed by atoms with E-state index in [4.69, 9.17) is 0 Å². The third kappa shape index (κ3) is 5.29. The van der Waals surface area contributed by atoms with Crippen LogP contribution in [-0.4, -0.2) is 25.6 Å². The average molecular weight is 409 g/mol. The maximum atomic E-state index is 12.2. The van der Waals surface area contributed by atoms with E-state index in [0.717, 1.165) is 5.56 Å². The molecule has 2 aromatic carbocycles. The first-order valence-electron chi connectivity index (χ1n) is 8.81. The van der Waals surface area contributed by atoms with E-state index in [9.17, 15) is 14.9 Å². The van der Waals surface area contributed by atoms with Crippen LogP contribution < -0.4 is 5.32 Å². The van der Waals surface area contributed by atoms with Crippen LogP contribution >= 0.6 is 11.8 Å². The molecule has 1 heterocycles. The molecule has 0 saturated carbocycles. The van der Waals surface area contributed by atoms with Crippen molar-refractivity contribution in [3.8, 4) is 0 Å². The van der Waals surface area contributed by atoms with Crippen molar-refractivity contribution < 1.29 is 9.72 Å². The van der Waals surface area contributed by atoms with E-state index in [2.05, 4.69) is 22.1 Å². The zero-order valence-electron chi connectivity index (χ0n) is 15.5. The maximum absolute atomic E-state index is 12.2. The largest absolute Gasteiger partial charge is 0.345 e. The molecule has 9 heteroatoms. The molecule has 0 aliphatic carbocycles. The Bertz CT molecular complexity index is 1000. The summed E-state index contributed by atoms with van der Waals surface area (Å²) in [5.74, 6) is 1.03. The third-order valence-corrected chi connectivity index (χ3v) is 5.10. The molecule has 3 aromatic rings. The van der Waals surface area contributed by atoms with Crippen LogP contribution in [0.25, 0.3) is 0 Å². The summed E-state index contributed by atoms with van der Waals surface area (Å²) < 4.78 is 1.88. The fraction of sp³-hybridized carbons (Fsp3) is 0.150.